The maximum atomic E-state index is 5.78. The number of anilines is 1. The van der Waals surface area contributed by atoms with Crippen molar-refractivity contribution in [2.75, 3.05) is 5.32 Å². The van der Waals surface area contributed by atoms with Gasteiger partial charge in [-0.15, -0.1) is 5.10 Å². The van der Waals surface area contributed by atoms with E-state index in [1.165, 1.54) is 38.5 Å². The Hall–Kier alpha value is -0.830. The molecule has 1 saturated carbocycles. The summed E-state index contributed by atoms with van der Waals surface area (Å²) < 4.78 is 0. The van der Waals surface area contributed by atoms with Crippen LogP contribution in [0.1, 0.15) is 38.5 Å². The van der Waals surface area contributed by atoms with Crippen LogP contribution in [0, 0.1) is 0 Å². The van der Waals surface area contributed by atoms with Crippen molar-refractivity contribution in [3.8, 4) is 0 Å². The van der Waals surface area contributed by atoms with Gasteiger partial charge in [-0.25, -0.2) is 0 Å². The van der Waals surface area contributed by atoms with Crippen molar-refractivity contribution in [1.29, 1.82) is 0 Å². The summed E-state index contributed by atoms with van der Waals surface area (Å²) in [6.45, 7) is 0. The molecule has 4 heteroatoms. The Morgan fingerprint density at radius 2 is 1.93 bits per heavy atom. The van der Waals surface area contributed by atoms with Crippen molar-refractivity contribution < 1.29 is 0 Å². The molecule has 0 bridgehead atoms. The quantitative estimate of drug-likeness (QED) is 0.786. The highest BCUT2D eigenvalue weighted by atomic mass is 35.5. The molecular formula is C11H16ClN3. The molecule has 0 aromatic carbocycles. The monoisotopic (exact) mass is 225 g/mol. The van der Waals surface area contributed by atoms with E-state index in [9.17, 15) is 0 Å². The first-order valence-electron chi connectivity index (χ1n) is 5.59. The molecule has 1 aromatic rings. The van der Waals surface area contributed by atoms with Crippen LogP contribution in [-0.4, -0.2) is 16.2 Å². The standard InChI is InChI=1S/C11H16ClN3/c12-11-7-10(8-13-15-11)14-9-5-3-1-2-4-6-9/h7-9H,1-6H2,(H,14,15). The number of hydrogen-bond acceptors (Lipinski definition) is 3. The molecule has 82 valence electrons. The van der Waals surface area contributed by atoms with Gasteiger partial charge in [-0.1, -0.05) is 37.3 Å². The van der Waals surface area contributed by atoms with E-state index in [-0.39, 0.29) is 0 Å². The van der Waals surface area contributed by atoms with Crippen LogP contribution in [0.4, 0.5) is 5.69 Å². The molecule has 2 rings (SSSR count). The van der Waals surface area contributed by atoms with E-state index < -0.39 is 0 Å². The van der Waals surface area contributed by atoms with Gasteiger partial charge in [-0.3, -0.25) is 0 Å². The molecule has 1 N–H and O–H groups in total. The number of nitrogens with zero attached hydrogens (tertiary/aromatic N) is 2. The summed E-state index contributed by atoms with van der Waals surface area (Å²) in [5.41, 5.74) is 0.988. The van der Waals surface area contributed by atoms with Gasteiger partial charge < -0.3 is 5.32 Å². The minimum Gasteiger partial charge on any atom is -0.381 e. The maximum Gasteiger partial charge on any atom is 0.153 e. The Morgan fingerprint density at radius 3 is 2.60 bits per heavy atom. The molecule has 0 amide bonds. The average Bonchev–Trinajstić information content (AvgIpc) is 2.46. The lowest BCUT2D eigenvalue weighted by atomic mass is 10.1. The first-order chi connectivity index (χ1) is 7.34. The largest absolute Gasteiger partial charge is 0.381 e. The predicted molar refractivity (Wildman–Crippen MR) is 62.2 cm³/mol. The van der Waals surface area contributed by atoms with Gasteiger partial charge in [0.15, 0.2) is 5.15 Å². The van der Waals surface area contributed by atoms with Gasteiger partial charge >= 0.3 is 0 Å². The minimum atomic E-state index is 0.452. The summed E-state index contributed by atoms with van der Waals surface area (Å²) in [6, 6.07) is 2.41. The molecule has 1 heterocycles. The highest BCUT2D eigenvalue weighted by Crippen LogP contribution is 2.21. The molecule has 1 fully saturated rings. The van der Waals surface area contributed by atoms with Crippen molar-refractivity contribution in [3.05, 3.63) is 17.4 Å². The summed E-state index contributed by atoms with van der Waals surface area (Å²) in [7, 11) is 0. The van der Waals surface area contributed by atoms with Crippen LogP contribution >= 0.6 is 11.6 Å². The van der Waals surface area contributed by atoms with E-state index in [0.717, 1.165) is 5.69 Å². The molecular weight excluding hydrogens is 210 g/mol. The topological polar surface area (TPSA) is 37.8 Å². The fraction of sp³-hybridized carbons (Fsp3) is 0.636. The second kappa shape index (κ2) is 5.31. The molecule has 3 nitrogen and oxygen atoms in total. The normalized spacial score (nSPS) is 18.5. The predicted octanol–water partition coefficient (Wildman–Crippen LogP) is 3.26. The van der Waals surface area contributed by atoms with Gasteiger partial charge in [0.2, 0.25) is 0 Å². The van der Waals surface area contributed by atoms with E-state index in [1.54, 1.807) is 6.20 Å². The molecule has 1 aromatic heterocycles. The molecule has 15 heavy (non-hydrogen) atoms. The van der Waals surface area contributed by atoms with Gasteiger partial charge in [-0.2, -0.15) is 5.10 Å². The lowest BCUT2D eigenvalue weighted by Crippen LogP contribution is -2.18. The second-order valence-corrected chi connectivity index (χ2v) is 4.49. The molecule has 0 atom stereocenters. The third kappa shape index (κ3) is 3.34. The van der Waals surface area contributed by atoms with E-state index in [4.69, 9.17) is 11.6 Å². The summed E-state index contributed by atoms with van der Waals surface area (Å²) in [5.74, 6) is 0. The van der Waals surface area contributed by atoms with Crippen LogP contribution in [0.15, 0.2) is 12.3 Å². The lowest BCUT2D eigenvalue weighted by molar-refractivity contribution is 0.619. The first-order valence-corrected chi connectivity index (χ1v) is 5.97. The summed E-state index contributed by atoms with van der Waals surface area (Å²) in [5, 5.41) is 11.5. The van der Waals surface area contributed by atoms with Crippen molar-refractivity contribution in [2.24, 2.45) is 0 Å². The van der Waals surface area contributed by atoms with Crippen molar-refractivity contribution in [2.45, 2.75) is 44.6 Å². The number of hydrogen-bond donors (Lipinski definition) is 1. The fourth-order valence-corrected chi connectivity index (χ4v) is 2.24. The molecule has 0 aliphatic heterocycles. The van der Waals surface area contributed by atoms with Gasteiger partial charge in [0.25, 0.3) is 0 Å². The van der Waals surface area contributed by atoms with E-state index in [1.807, 2.05) is 6.07 Å². The Balaban J connectivity index is 1.95. The van der Waals surface area contributed by atoms with E-state index >= 15 is 0 Å². The summed E-state index contributed by atoms with van der Waals surface area (Å²) in [4.78, 5) is 0. The fourth-order valence-electron chi connectivity index (χ4n) is 2.08. The smallest absolute Gasteiger partial charge is 0.153 e. The molecule has 0 radical (unpaired) electrons. The van der Waals surface area contributed by atoms with Gasteiger partial charge in [0, 0.05) is 12.1 Å². The SMILES string of the molecule is Clc1cc(NC2CCCCCC2)cnn1. The van der Waals surface area contributed by atoms with Gasteiger partial charge in [0.1, 0.15) is 0 Å². The Bertz CT molecular complexity index is 308. The Kier molecular flexibility index (Phi) is 3.78. The molecule has 1 aliphatic rings. The molecule has 1 aliphatic carbocycles. The van der Waals surface area contributed by atoms with E-state index in [2.05, 4.69) is 15.5 Å². The Morgan fingerprint density at radius 1 is 1.20 bits per heavy atom. The number of rotatable bonds is 2. The van der Waals surface area contributed by atoms with Crippen LogP contribution in [0.2, 0.25) is 5.15 Å². The highest BCUT2D eigenvalue weighted by molar-refractivity contribution is 6.29. The molecule has 0 unspecified atom stereocenters. The number of aromatic nitrogens is 2. The lowest BCUT2D eigenvalue weighted by Gasteiger charge is -2.16. The first kappa shape index (κ1) is 10.7. The van der Waals surface area contributed by atoms with Gasteiger partial charge in [-0.05, 0) is 12.8 Å². The van der Waals surface area contributed by atoms with Crippen LogP contribution in [0.3, 0.4) is 0 Å². The number of halogens is 1. The number of nitrogens with one attached hydrogen (secondary N) is 1. The zero-order valence-electron chi connectivity index (χ0n) is 8.75. The molecule has 0 saturated heterocycles. The van der Waals surface area contributed by atoms with Crippen molar-refractivity contribution in [1.82, 2.24) is 10.2 Å². The summed E-state index contributed by atoms with van der Waals surface area (Å²) in [6.07, 6.45) is 9.62. The van der Waals surface area contributed by atoms with Crippen molar-refractivity contribution in [3.63, 3.8) is 0 Å². The minimum absolute atomic E-state index is 0.452. The third-order valence-corrected chi connectivity index (χ3v) is 3.04. The zero-order valence-corrected chi connectivity index (χ0v) is 9.50. The highest BCUT2D eigenvalue weighted by Gasteiger charge is 2.11. The zero-order chi connectivity index (χ0) is 10.5. The van der Waals surface area contributed by atoms with Crippen LogP contribution < -0.4 is 5.32 Å². The third-order valence-electron chi connectivity index (χ3n) is 2.85. The molecule has 0 spiro atoms. The van der Waals surface area contributed by atoms with Crippen molar-refractivity contribution >= 4 is 17.3 Å². The van der Waals surface area contributed by atoms with E-state index in [0.29, 0.717) is 11.2 Å². The van der Waals surface area contributed by atoms with Gasteiger partial charge in [0.05, 0.1) is 11.9 Å². The van der Waals surface area contributed by atoms with Crippen LogP contribution in [0.25, 0.3) is 0 Å². The Labute approximate surface area is 95.2 Å². The average molecular weight is 226 g/mol. The van der Waals surface area contributed by atoms with Crippen LogP contribution in [0.5, 0.6) is 0 Å². The maximum absolute atomic E-state index is 5.78. The van der Waals surface area contributed by atoms with Crippen LogP contribution in [-0.2, 0) is 0 Å². The second-order valence-electron chi connectivity index (χ2n) is 4.10. The summed E-state index contributed by atoms with van der Waals surface area (Å²) >= 11 is 5.78.